The van der Waals surface area contributed by atoms with Crippen molar-refractivity contribution in [1.29, 1.82) is 0 Å². The first-order valence-electron chi connectivity index (χ1n) is 6.28. The van der Waals surface area contributed by atoms with Crippen molar-refractivity contribution in [1.82, 2.24) is 15.3 Å². The van der Waals surface area contributed by atoms with Gasteiger partial charge in [0.2, 0.25) is 0 Å². The summed E-state index contributed by atoms with van der Waals surface area (Å²) in [6.07, 6.45) is 1.79. The number of aryl methyl sites for hydroxylation is 1. The molecule has 1 aromatic carbocycles. The predicted molar refractivity (Wildman–Crippen MR) is 79.8 cm³/mol. The van der Waals surface area contributed by atoms with Gasteiger partial charge in [-0.25, -0.2) is 9.97 Å². The Morgan fingerprint density at radius 2 is 2.10 bits per heavy atom. The van der Waals surface area contributed by atoms with E-state index in [-0.39, 0.29) is 5.91 Å². The van der Waals surface area contributed by atoms with Crippen LogP contribution in [0.1, 0.15) is 20.4 Å². The molecule has 4 nitrogen and oxygen atoms in total. The van der Waals surface area contributed by atoms with Crippen LogP contribution in [0.5, 0.6) is 0 Å². The normalized spacial score (nSPS) is 10.7. The fourth-order valence-corrected chi connectivity index (χ4v) is 2.67. The molecule has 5 heteroatoms. The third kappa shape index (κ3) is 2.67. The molecule has 0 aliphatic rings. The van der Waals surface area contributed by atoms with Crippen LogP contribution in [-0.4, -0.2) is 15.9 Å². The van der Waals surface area contributed by atoms with E-state index in [2.05, 4.69) is 15.3 Å². The van der Waals surface area contributed by atoms with Crippen molar-refractivity contribution in [3.05, 3.63) is 58.2 Å². The molecule has 3 aromatic rings. The highest BCUT2D eigenvalue weighted by Gasteiger charge is 2.08. The summed E-state index contributed by atoms with van der Waals surface area (Å²) in [6, 6.07) is 11.4. The average molecular weight is 283 g/mol. The number of carbonyl (C=O) groups is 1. The number of carbonyl (C=O) groups excluding carboxylic acids is 1. The van der Waals surface area contributed by atoms with Crippen LogP contribution in [0.4, 0.5) is 0 Å². The van der Waals surface area contributed by atoms with Crippen molar-refractivity contribution in [3.8, 4) is 0 Å². The summed E-state index contributed by atoms with van der Waals surface area (Å²) in [5, 5.41) is 4.89. The van der Waals surface area contributed by atoms with Crippen LogP contribution in [0.25, 0.3) is 10.9 Å². The summed E-state index contributed by atoms with van der Waals surface area (Å²) < 4.78 is 0. The Labute approximate surface area is 120 Å². The molecule has 0 saturated heterocycles. The van der Waals surface area contributed by atoms with Gasteiger partial charge in [0, 0.05) is 16.5 Å². The van der Waals surface area contributed by atoms with Gasteiger partial charge < -0.3 is 5.32 Å². The highest BCUT2D eigenvalue weighted by atomic mass is 32.1. The van der Waals surface area contributed by atoms with Gasteiger partial charge in [-0.05, 0) is 19.1 Å². The molecule has 0 saturated carbocycles. The van der Waals surface area contributed by atoms with E-state index in [0.717, 1.165) is 20.8 Å². The van der Waals surface area contributed by atoms with Crippen molar-refractivity contribution >= 4 is 28.1 Å². The Bertz CT molecular complexity index is 766. The molecular formula is C15H13N3OS. The Hall–Kier alpha value is -2.27. The maximum Gasteiger partial charge on any atom is 0.270 e. The Morgan fingerprint density at radius 3 is 2.90 bits per heavy atom. The standard InChI is InChI=1S/C15H13N3OS/c1-10-16-8-12(20-10)9-17-15(19)14-7-6-11-4-2-3-5-13(11)18-14/h2-8H,9H2,1H3,(H,17,19). The van der Waals surface area contributed by atoms with Gasteiger partial charge in [0.05, 0.1) is 17.1 Å². The zero-order valence-corrected chi connectivity index (χ0v) is 11.8. The predicted octanol–water partition coefficient (Wildman–Crippen LogP) is 2.93. The molecule has 1 N–H and O–H groups in total. The number of rotatable bonds is 3. The third-order valence-corrected chi connectivity index (χ3v) is 3.84. The summed E-state index contributed by atoms with van der Waals surface area (Å²) in [7, 11) is 0. The van der Waals surface area contributed by atoms with E-state index in [1.54, 1.807) is 23.6 Å². The number of hydrogen-bond donors (Lipinski definition) is 1. The molecule has 0 aliphatic carbocycles. The quantitative estimate of drug-likeness (QED) is 0.804. The lowest BCUT2D eigenvalue weighted by molar-refractivity contribution is 0.0946. The van der Waals surface area contributed by atoms with Crippen molar-refractivity contribution in [2.24, 2.45) is 0 Å². The van der Waals surface area contributed by atoms with E-state index in [0.29, 0.717) is 12.2 Å². The molecule has 0 unspecified atom stereocenters. The topological polar surface area (TPSA) is 54.9 Å². The number of nitrogens with one attached hydrogen (secondary N) is 1. The molecule has 0 atom stereocenters. The molecule has 0 spiro atoms. The number of thiazole rings is 1. The lowest BCUT2D eigenvalue weighted by Gasteiger charge is -2.04. The highest BCUT2D eigenvalue weighted by molar-refractivity contribution is 7.11. The average Bonchev–Trinajstić information content (AvgIpc) is 2.90. The van der Waals surface area contributed by atoms with Crippen molar-refractivity contribution in [2.75, 3.05) is 0 Å². The van der Waals surface area contributed by atoms with E-state index < -0.39 is 0 Å². The number of pyridine rings is 1. The van der Waals surface area contributed by atoms with Crippen molar-refractivity contribution in [3.63, 3.8) is 0 Å². The Balaban J connectivity index is 1.75. The third-order valence-electron chi connectivity index (χ3n) is 2.92. The van der Waals surface area contributed by atoms with Gasteiger partial charge in [-0.1, -0.05) is 24.3 Å². The Morgan fingerprint density at radius 1 is 1.25 bits per heavy atom. The van der Waals surface area contributed by atoms with E-state index >= 15 is 0 Å². The fraction of sp³-hybridized carbons (Fsp3) is 0.133. The fourth-order valence-electron chi connectivity index (χ4n) is 1.94. The molecular weight excluding hydrogens is 270 g/mol. The zero-order valence-electron chi connectivity index (χ0n) is 11.0. The molecule has 2 aromatic heterocycles. The summed E-state index contributed by atoms with van der Waals surface area (Å²) in [5.74, 6) is -0.165. The largest absolute Gasteiger partial charge is 0.346 e. The van der Waals surface area contributed by atoms with Crippen LogP contribution >= 0.6 is 11.3 Å². The first-order valence-corrected chi connectivity index (χ1v) is 7.09. The van der Waals surface area contributed by atoms with Crippen LogP contribution < -0.4 is 5.32 Å². The van der Waals surface area contributed by atoms with Gasteiger partial charge in [-0.3, -0.25) is 4.79 Å². The minimum atomic E-state index is -0.165. The maximum atomic E-state index is 12.1. The van der Waals surface area contributed by atoms with Crippen LogP contribution in [0.3, 0.4) is 0 Å². The number of fused-ring (bicyclic) bond motifs is 1. The molecule has 3 rings (SSSR count). The monoisotopic (exact) mass is 283 g/mol. The maximum absolute atomic E-state index is 12.1. The van der Waals surface area contributed by atoms with Crippen LogP contribution in [0, 0.1) is 6.92 Å². The molecule has 100 valence electrons. The van der Waals surface area contributed by atoms with E-state index in [1.807, 2.05) is 37.3 Å². The second-order valence-corrected chi connectivity index (χ2v) is 5.74. The first kappa shape index (κ1) is 12.7. The molecule has 0 fully saturated rings. The molecule has 0 aliphatic heterocycles. The van der Waals surface area contributed by atoms with E-state index in [4.69, 9.17) is 0 Å². The number of nitrogens with zero attached hydrogens (tertiary/aromatic N) is 2. The molecule has 2 heterocycles. The number of aromatic nitrogens is 2. The van der Waals surface area contributed by atoms with Gasteiger partial charge in [0.25, 0.3) is 5.91 Å². The van der Waals surface area contributed by atoms with Crippen molar-refractivity contribution in [2.45, 2.75) is 13.5 Å². The van der Waals surface area contributed by atoms with Gasteiger partial charge in [-0.15, -0.1) is 11.3 Å². The summed E-state index contributed by atoms with van der Waals surface area (Å²) >= 11 is 1.58. The number of amides is 1. The second kappa shape index (κ2) is 5.38. The number of benzene rings is 1. The summed E-state index contributed by atoms with van der Waals surface area (Å²) in [4.78, 5) is 21.6. The molecule has 0 radical (unpaired) electrons. The lowest BCUT2D eigenvalue weighted by atomic mass is 10.2. The van der Waals surface area contributed by atoms with Gasteiger partial charge >= 0.3 is 0 Å². The second-order valence-electron chi connectivity index (χ2n) is 4.42. The highest BCUT2D eigenvalue weighted by Crippen LogP contribution is 2.13. The summed E-state index contributed by atoms with van der Waals surface area (Å²) in [6.45, 7) is 2.43. The van der Waals surface area contributed by atoms with Crippen LogP contribution in [0.15, 0.2) is 42.6 Å². The van der Waals surface area contributed by atoms with Gasteiger partial charge in [0.15, 0.2) is 0 Å². The summed E-state index contributed by atoms with van der Waals surface area (Å²) in [5.41, 5.74) is 1.26. The van der Waals surface area contributed by atoms with E-state index in [9.17, 15) is 4.79 Å². The zero-order chi connectivity index (χ0) is 13.9. The Kier molecular flexibility index (Phi) is 3.43. The van der Waals surface area contributed by atoms with Crippen molar-refractivity contribution < 1.29 is 4.79 Å². The van der Waals surface area contributed by atoms with Crippen LogP contribution in [0.2, 0.25) is 0 Å². The van der Waals surface area contributed by atoms with Crippen LogP contribution in [-0.2, 0) is 6.54 Å². The first-order chi connectivity index (χ1) is 9.72. The lowest BCUT2D eigenvalue weighted by Crippen LogP contribution is -2.23. The van der Waals surface area contributed by atoms with E-state index in [1.165, 1.54) is 0 Å². The van der Waals surface area contributed by atoms with Gasteiger partial charge in [0.1, 0.15) is 5.69 Å². The molecule has 1 amide bonds. The number of para-hydroxylation sites is 1. The minimum Gasteiger partial charge on any atom is -0.346 e. The van der Waals surface area contributed by atoms with Gasteiger partial charge in [-0.2, -0.15) is 0 Å². The smallest absolute Gasteiger partial charge is 0.270 e. The molecule has 0 bridgehead atoms. The molecule has 20 heavy (non-hydrogen) atoms. The number of hydrogen-bond acceptors (Lipinski definition) is 4. The minimum absolute atomic E-state index is 0.165. The SMILES string of the molecule is Cc1ncc(CNC(=O)c2ccc3ccccc3n2)s1.